The van der Waals surface area contributed by atoms with Crippen LogP contribution in [0.15, 0.2) is 48.4 Å². The van der Waals surface area contributed by atoms with Crippen LogP contribution in [0.2, 0.25) is 0 Å². The van der Waals surface area contributed by atoms with E-state index in [1.165, 1.54) is 26.0 Å². The molecule has 4 rings (SSSR count). The number of hydrogen-bond acceptors (Lipinski definition) is 5. The van der Waals surface area contributed by atoms with Gasteiger partial charge in [-0.05, 0) is 30.0 Å². The summed E-state index contributed by atoms with van der Waals surface area (Å²) in [5, 5.41) is 16.4. The van der Waals surface area contributed by atoms with Crippen molar-refractivity contribution in [3.05, 3.63) is 59.5 Å². The predicted molar refractivity (Wildman–Crippen MR) is 118 cm³/mol. The molecule has 1 aromatic carbocycles. The Hall–Kier alpha value is -3.60. The van der Waals surface area contributed by atoms with E-state index in [4.69, 9.17) is 10.00 Å². The maximum absolute atomic E-state index is 13.2. The lowest BCUT2D eigenvalue weighted by atomic mass is 9.97. The Bertz CT molecular complexity index is 1060. The Kier molecular flexibility index (Phi) is 6.55. The molecule has 1 atom stereocenters. The van der Waals surface area contributed by atoms with Crippen LogP contribution in [0.25, 0.3) is 0 Å². The maximum Gasteiger partial charge on any atom is 0.251 e. The third-order valence-electron chi connectivity index (χ3n) is 6.16. The van der Waals surface area contributed by atoms with Crippen molar-refractivity contribution in [1.82, 2.24) is 14.7 Å². The molecule has 1 aliphatic heterocycles. The van der Waals surface area contributed by atoms with Crippen LogP contribution in [0.5, 0.6) is 0 Å². The minimum atomic E-state index is -0.563. The summed E-state index contributed by atoms with van der Waals surface area (Å²) >= 11 is 0. The number of aromatic nitrogens is 2. The Labute approximate surface area is 187 Å². The highest BCUT2D eigenvalue weighted by atomic mass is 16.5. The summed E-state index contributed by atoms with van der Waals surface area (Å²) in [6.07, 6.45) is 8.41. The van der Waals surface area contributed by atoms with E-state index in [9.17, 15) is 9.59 Å². The highest BCUT2D eigenvalue weighted by Crippen LogP contribution is 2.31. The summed E-state index contributed by atoms with van der Waals surface area (Å²) in [5.41, 5.74) is 1.54. The summed E-state index contributed by atoms with van der Waals surface area (Å²) in [6.45, 7) is 0.798. The zero-order valence-corrected chi connectivity index (χ0v) is 18.2. The van der Waals surface area contributed by atoms with Crippen LogP contribution in [0.1, 0.15) is 43.2 Å². The normalized spacial score (nSPS) is 17.2. The van der Waals surface area contributed by atoms with Crippen LogP contribution in [-0.4, -0.2) is 46.2 Å². The van der Waals surface area contributed by atoms with E-state index in [1.54, 1.807) is 27.9 Å². The van der Waals surface area contributed by atoms with Gasteiger partial charge >= 0.3 is 0 Å². The van der Waals surface area contributed by atoms with E-state index >= 15 is 0 Å². The Morgan fingerprint density at radius 3 is 2.88 bits per heavy atom. The highest BCUT2D eigenvalue weighted by Gasteiger charge is 2.36. The van der Waals surface area contributed by atoms with E-state index in [-0.39, 0.29) is 11.8 Å². The first-order valence-corrected chi connectivity index (χ1v) is 10.9. The van der Waals surface area contributed by atoms with Gasteiger partial charge in [0.2, 0.25) is 5.91 Å². The molecule has 1 saturated carbocycles. The van der Waals surface area contributed by atoms with Gasteiger partial charge in [-0.15, -0.1) is 0 Å². The number of nitrogens with one attached hydrogen (secondary N) is 1. The average molecular weight is 434 g/mol. The minimum absolute atomic E-state index is 0.192. The van der Waals surface area contributed by atoms with Gasteiger partial charge in [-0.2, -0.15) is 10.4 Å². The minimum Gasteiger partial charge on any atom is -0.499 e. The van der Waals surface area contributed by atoms with E-state index in [2.05, 4.69) is 16.5 Å². The van der Waals surface area contributed by atoms with Crippen LogP contribution in [0.4, 0.5) is 5.82 Å². The smallest absolute Gasteiger partial charge is 0.251 e. The predicted octanol–water partition coefficient (Wildman–Crippen LogP) is 3.06. The van der Waals surface area contributed by atoms with Gasteiger partial charge in [0.25, 0.3) is 5.91 Å². The monoisotopic (exact) mass is 433 g/mol. The molecule has 2 heterocycles. The fourth-order valence-corrected chi connectivity index (χ4v) is 4.49. The first-order chi connectivity index (χ1) is 15.6. The van der Waals surface area contributed by atoms with Crippen molar-refractivity contribution in [2.45, 2.75) is 44.7 Å². The number of ether oxygens (including phenoxy) is 1. The van der Waals surface area contributed by atoms with Crippen LogP contribution < -0.4 is 5.32 Å². The van der Waals surface area contributed by atoms with Crippen molar-refractivity contribution >= 4 is 17.6 Å². The zero-order valence-electron chi connectivity index (χ0n) is 18.2. The van der Waals surface area contributed by atoms with Crippen molar-refractivity contribution < 1.29 is 14.3 Å². The summed E-state index contributed by atoms with van der Waals surface area (Å²) in [4.78, 5) is 27.3. The standard InChI is InChI=1S/C24H27N5O3/c1-32-20-13-23(30)29(16-20)21(12-17-5-2-3-6-17)24(31)26-22-9-10-28(27-22)15-19-8-4-7-18(11-19)14-25/h4,7-11,13,17,21H,2-3,5-6,12,15-16H2,1H3,(H,26,27,31). The third kappa shape index (κ3) is 4.99. The summed E-state index contributed by atoms with van der Waals surface area (Å²) in [5.74, 6) is 1.03. The molecule has 2 aliphatic rings. The van der Waals surface area contributed by atoms with E-state index in [0.29, 0.717) is 42.6 Å². The molecule has 2 aromatic rings. The number of hydrogen-bond donors (Lipinski definition) is 1. The molecule has 0 spiro atoms. The molecule has 166 valence electrons. The Morgan fingerprint density at radius 2 is 2.16 bits per heavy atom. The number of anilines is 1. The van der Waals surface area contributed by atoms with Crippen molar-refractivity contribution in [1.29, 1.82) is 5.26 Å². The summed E-state index contributed by atoms with van der Waals surface area (Å²) in [7, 11) is 1.54. The number of benzene rings is 1. The molecule has 2 amide bonds. The molecular weight excluding hydrogens is 406 g/mol. The van der Waals surface area contributed by atoms with E-state index in [1.807, 2.05) is 18.2 Å². The fourth-order valence-electron chi connectivity index (χ4n) is 4.49. The first-order valence-electron chi connectivity index (χ1n) is 10.9. The number of rotatable bonds is 8. The van der Waals surface area contributed by atoms with Gasteiger partial charge in [0.05, 0.1) is 31.8 Å². The number of methoxy groups -OCH3 is 1. The summed E-state index contributed by atoms with van der Waals surface area (Å²) in [6, 6.07) is 10.6. The van der Waals surface area contributed by atoms with Crippen LogP contribution in [0, 0.1) is 17.2 Å². The first kappa shape index (κ1) is 21.6. The molecule has 1 unspecified atom stereocenters. The number of carbonyl (C=O) groups is 2. The SMILES string of the molecule is COC1=CC(=O)N(C(CC2CCCC2)C(=O)Nc2ccn(Cc3cccc(C#N)c3)n2)C1. The van der Waals surface area contributed by atoms with Gasteiger partial charge in [0, 0.05) is 18.3 Å². The summed E-state index contributed by atoms with van der Waals surface area (Å²) < 4.78 is 6.95. The van der Waals surface area contributed by atoms with Gasteiger partial charge in [-0.1, -0.05) is 37.8 Å². The highest BCUT2D eigenvalue weighted by molar-refractivity contribution is 5.99. The molecule has 0 radical (unpaired) electrons. The molecule has 1 fully saturated rings. The maximum atomic E-state index is 13.2. The second kappa shape index (κ2) is 9.69. The molecule has 32 heavy (non-hydrogen) atoms. The number of nitrogens with zero attached hydrogens (tertiary/aromatic N) is 4. The lowest BCUT2D eigenvalue weighted by molar-refractivity contribution is -0.134. The molecular formula is C24H27N5O3. The van der Waals surface area contributed by atoms with E-state index < -0.39 is 6.04 Å². The van der Waals surface area contributed by atoms with E-state index in [0.717, 1.165) is 18.4 Å². The molecule has 1 N–H and O–H groups in total. The molecule has 0 saturated heterocycles. The van der Waals surface area contributed by atoms with Gasteiger partial charge in [-0.3, -0.25) is 14.3 Å². The molecule has 1 aliphatic carbocycles. The second-order valence-corrected chi connectivity index (χ2v) is 8.38. The Balaban J connectivity index is 1.44. The number of amides is 2. The average Bonchev–Trinajstić information content (AvgIpc) is 3.54. The quantitative estimate of drug-likeness (QED) is 0.690. The lowest BCUT2D eigenvalue weighted by Gasteiger charge is -2.28. The van der Waals surface area contributed by atoms with Gasteiger partial charge in [0.15, 0.2) is 5.82 Å². The van der Waals surface area contributed by atoms with Crippen molar-refractivity contribution in [2.75, 3.05) is 19.0 Å². The molecule has 8 heteroatoms. The van der Waals surface area contributed by atoms with Crippen LogP contribution >= 0.6 is 0 Å². The fraction of sp³-hybridized carbons (Fsp3) is 0.417. The second-order valence-electron chi connectivity index (χ2n) is 8.38. The van der Waals surface area contributed by atoms with Crippen molar-refractivity contribution in [3.63, 3.8) is 0 Å². The van der Waals surface area contributed by atoms with Gasteiger partial charge in [0.1, 0.15) is 11.8 Å². The molecule has 8 nitrogen and oxygen atoms in total. The topological polar surface area (TPSA) is 100 Å². The largest absolute Gasteiger partial charge is 0.499 e. The molecule has 0 bridgehead atoms. The number of carbonyl (C=O) groups excluding carboxylic acids is 2. The van der Waals surface area contributed by atoms with Gasteiger partial charge in [-0.25, -0.2) is 0 Å². The molecule has 1 aromatic heterocycles. The zero-order chi connectivity index (χ0) is 22.5. The van der Waals surface area contributed by atoms with Crippen LogP contribution in [0.3, 0.4) is 0 Å². The van der Waals surface area contributed by atoms with Gasteiger partial charge < -0.3 is 15.0 Å². The van der Waals surface area contributed by atoms with Crippen molar-refractivity contribution in [3.8, 4) is 6.07 Å². The van der Waals surface area contributed by atoms with Crippen LogP contribution in [-0.2, 0) is 20.9 Å². The Morgan fingerprint density at radius 1 is 1.34 bits per heavy atom. The number of nitriles is 1. The third-order valence-corrected chi connectivity index (χ3v) is 6.16. The van der Waals surface area contributed by atoms with Crippen molar-refractivity contribution in [2.24, 2.45) is 5.92 Å². The lowest BCUT2D eigenvalue weighted by Crippen LogP contribution is -2.46.